The van der Waals surface area contributed by atoms with Crippen molar-refractivity contribution < 1.29 is 18.9 Å². The first kappa shape index (κ1) is 39.8. The molecule has 2 aromatic heterocycles. The number of nitrogens with zero attached hydrogens (tertiary/aromatic N) is 8. The van der Waals surface area contributed by atoms with E-state index in [4.69, 9.17) is 18.9 Å². The molecule has 2 spiro atoms. The second-order valence-corrected chi connectivity index (χ2v) is 20.5. The summed E-state index contributed by atoms with van der Waals surface area (Å²) in [5.74, 6) is 17.7. The fraction of sp³-hybridized carbons (Fsp3) is 0.608. The van der Waals surface area contributed by atoms with Crippen molar-refractivity contribution in [2.45, 2.75) is 134 Å². The Morgan fingerprint density at radius 3 is 2.17 bits per heavy atom. The Kier molecular flexibility index (Phi) is 9.97. The van der Waals surface area contributed by atoms with Gasteiger partial charge in [-0.3, -0.25) is 0 Å². The minimum Gasteiger partial charge on any atom is -0.353 e. The SMILES string of the molecule is Cc1cc(C#CC2CC2)cc2c1C(N(C)c1cn(CC3OCC4(CO3)CC4C3OC(Cn4cc(N(C)Cc5ccc(C#CC6CC6)cc5C5CC5)nn4)OCC34CC4)nn1)CCC2. The van der Waals surface area contributed by atoms with E-state index in [2.05, 4.69) is 105 Å². The lowest BCUT2D eigenvalue weighted by Gasteiger charge is -2.39. The average Bonchev–Trinajstić information content (AvgIpc) is 4.03. The third kappa shape index (κ3) is 8.29. The van der Waals surface area contributed by atoms with Crippen LogP contribution in [0.4, 0.5) is 11.6 Å². The summed E-state index contributed by atoms with van der Waals surface area (Å²) >= 11 is 0. The predicted octanol–water partition coefficient (Wildman–Crippen LogP) is 7.33. The van der Waals surface area contributed by atoms with Gasteiger partial charge >= 0.3 is 0 Å². The first-order valence-corrected chi connectivity index (χ1v) is 23.8. The van der Waals surface area contributed by atoms with E-state index < -0.39 is 0 Å². The van der Waals surface area contributed by atoms with Crippen molar-refractivity contribution in [3.05, 3.63) is 81.7 Å². The van der Waals surface area contributed by atoms with E-state index in [-0.39, 0.29) is 35.6 Å². The highest BCUT2D eigenvalue weighted by Gasteiger charge is 2.68. The summed E-state index contributed by atoms with van der Waals surface area (Å²) < 4.78 is 29.9. The van der Waals surface area contributed by atoms with Gasteiger partial charge in [0.1, 0.15) is 0 Å². The first-order chi connectivity index (χ1) is 30.8. The van der Waals surface area contributed by atoms with Gasteiger partial charge in [-0.15, -0.1) is 10.2 Å². The summed E-state index contributed by atoms with van der Waals surface area (Å²) in [5.41, 5.74) is 9.33. The maximum atomic E-state index is 6.86. The van der Waals surface area contributed by atoms with E-state index in [0.717, 1.165) is 74.4 Å². The standard InChI is InChI=1S/C51H60N8O4/c1-33-21-37(14-12-35-9-10-35)22-39-5-4-6-43(48(33)39)57(3)45-27-59(55-53-45)28-46-60-31-51(32-61-46)24-42(51)49-50(19-20-50)30-62-47(63-49)29-58-26-44(52-54-58)56(2)25-40-16-15-36(13-11-34-7-8-34)23-41(40)38-17-18-38/h15-16,21-23,26-27,34-35,38,42-43,46-47,49H,4-10,17-20,24-25,28-32H2,1-3H3. The van der Waals surface area contributed by atoms with Crippen molar-refractivity contribution in [1.82, 2.24) is 30.0 Å². The highest BCUT2D eigenvalue weighted by molar-refractivity contribution is 5.52. The number of rotatable bonds is 11. The normalized spacial score (nSPS) is 27.5. The number of ether oxygens (including phenoxy) is 4. The van der Waals surface area contributed by atoms with E-state index in [1.54, 1.807) is 0 Å². The topological polar surface area (TPSA) is 105 Å². The molecule has 4 atom stereocenters. The van der Waals surface area contributed by atoms with Crippen molar-refractivity contribution in [3.8, 4) is 23.7 Å². The van der Waals surface area contributed by atoms with Crippen LogP contribution in [-0.2, 0) is 45.0 Å². The molecule has 12 rings (SSSR count). The third-order valence-electron chi connectivity index (χ3n) is 15.3. The number of anilines is 2. The smallest absolute Gasteiger partial charge is 0.177 e. The summed E-state index contributed by atoms with van der Waals surface area (Å²) in [5, 5.41) is 18.2. The summed E-state index contributed by atoms with van der Waals surface area (Å²) in [4.78, 5) is 4.48. The van der Waals surface area contributed by atoms with Gasteiger partial charge in [0.05, 0.1) is 57.4 Å². The zero-order valence-corrected chi connectivity index (χ0v) is 37.1. The third-order valence-corrected chi connectivity index (χ3v) is 15.3. The highest BCUT2D eigenvalue weighted by atomic mass is 16.7. The maximum absolute atomic E-state index is 6.86. The number of aromatic nitrogens is 6. The molecule has 63 heavy (non-hydrogen) atoms. The quantitative estimate of drug-likeness (QED) is 0.143. The highest BCUT2D eigenvalue weighted by Crippen LogP contribution is 2.66. The molecular formula is C51H60N8O4. The number of hydrogen-bond acceptors (Lipinski definition) is 10. The largest absolute Gasteiger partial charge is 0.353 e. The summed E-state index contributed by atoms with van der Waals surface area (Å²) in [6, 6.07) is 11.6. The molecule has 2 aromatic carbocycles. The molecule has 8 aliphatic rings. The molecule has 12 nitrogen and oxygen atoms in total. The van der Waals surface area contributed by atoms with Gasteiger partial charge in [0.25, 0.3) is 0 Å². The molecular weight excluding hydrogens is 789 g/mol. The Hall–Kier alpha value is -4.72. The molecule has 328 valence electrons. The van der Waals surface area contributed by atoms with Gasteiger partial charge < -0.3 is 28.7 Å². The molecule has 4 aromatic rings. The van der Waals surface area contributed by atoms with Crippen LogP contribution in [0.5, 0.6) is 0 Å². The summed E-state index contributed by atoms with van der Waals surface area (Å²) in [6.07, 6.45) is 17.6. The molecule has 7 fully saturated rings. The number of benzene rings is 2. The van der Waals surface area contributed by atoms with Gasteiger partial charge in [-0.25, -0.2) is 9.36 Å². The molecule has 0 N–H and O–H groups in total. The monoisotopic (exact) mass is 848 g/mol. The maximum Gasteiger partial charge on any atom is 0.177 e. The molecule has 0 radical (unpaired) electrons. The Labute approximate surface area is 371 Å². The van der Waals surface area contributed by atoms with Gasteiger partial charge in [-0.1, -0.05) is 40.2 Å². The number of fused-ring (bicyclic) bond motifs is 1. The fourth-order valence-corrected chi connectivity index (χ4v) is 10.7. The molecule has 2 aliphatic heterocycles. The van der Waals surface area contributed by atoms with Crippen LogP contribution in [0.25, 0.3) is 0 Å². The second kappa shape index (κ2) is 15.8. The fourth-order valence-electron chi connectivity index (χ4n) is 10.7. The van der Waals surface area contributed by atoms with Crippen LogP contribution in [0.3, 0.4) is 0 Å². The van der Waals surface area contributed by atoms with Crippen LogP contribution in [-0.4, -0.2) is 82.6 Å². The van der Waals surface area contributed by atoms with Crippen LogP contribution in [0.15, 0.2) is 42.7 Å². The molecule has 2 saturated heterocycles. The molecule has 0 amide bonds. The lowest BCUT2D eigenvalue weighted by molar-refractivity contribution is -0.265. The van der Waals surface area contributed by atoms with Crippen LogP contribution in [0.1, 0.15) is 122 Å². The molecule has 6 aliphatic carbocycles. The number of hydrogen-bond donors (Lipinski definition) is 0. The van der Waals surface area contributed by atoms with Crippen LogP contribution < -0.4 is 9.80 Å². The van der Waals surface area contributed by atoms with Crippen LogP contribution in [0.2, 0.25) is 0 Å². The van der Waals surface area contributed by atoms with Gasteiger partial charge in [-0.2, -0.15) is 0 Å². The van der Waals surface area contributed by atoms with Gasteiger partial charge in [0.2, 0.25) is 0 Å². The zero-order chi connectivity index (χ0) is 42.3. The van der Waals surface area contributed by atoms with Crippen LogP contribution >= 0.6 is 0 Å². The van der Waals surface area contributed by atoms with Gasteiger partial charge in [0, 0.05) is 54.4 Å². The van der Waals surface area contributed by atoms with Crippen molar-refractivity contribution in [2.75, 3.05) is 43.7 Å². The van der Waals surface area contributed by atoms with E-state index >= 15 is 0 Å². The molecule has 5 saturated carbocycles. The Balaban J connectivity index is 0.641. The molecule has 0 bridgehead atoms. The average molecular weight is 849 g/mol. The van der Waals surface area contributed by atoms with Crippen molar-refractivity contribution in [2.24, 2.45) is 28.6 Å². The van der Waals surface area contributed by atoms with E-state index in [9.17, 15) is 0 Å². The lowest BCUT2D eigenvalue weighted by Crippen LogP contribution is -2.47. The summed E-state index contributed by atoms with van der Waals surface area (Å²) in [6.45, 7) is 6.06. The van der Waals surface area contributed by atoms with Crippen molar-refractivity contribution in [3.63, 3.8) is 0 Å². The van der Waals surface area contributed by atoms with Crippen molar-refractivity contribution >= 4 is 11.6 Å². The predicted molar refractivity (Wildman–Crippen MR) is 238 cm³/mol. The Morgan fingerprint density at radius 2 is 1.44 bits per heavy atom. The van der Waals surface area contributed by atoms with Crippen molar-refractivity contribution in [1.29, 1.82) is 0 Å². The molecule has 4 heterocycles. The first-order valence-electron chi connectivity index (χ1n) is 23.8. The van der Waals surface area contributed by atoms with E-state index in [1.165, 1.54) is 66.3 Å². The van der Waals surface area contributed by atoms with E-state index in [1.807, 2.05) is 21.8 Å². The zero-order valence-electron chi connectivity index (χ0n) is 37.1. The Morgan fingerprint density at radius 1 is 0.762 bits per heavy atom. The second-order valence-electron chi connectivity index (χ2n) is 20.5. The van der Waals surface area contributed by atoms with Gasteiger partial charge in [-0.05, 0) is 148 Å². The molecule has 12 heteroatoms. The molecule has 4 unspecified atom stereocenters. The lowest BCUT2D eigenvalue weighted by atomic mass is 9.83. The van der Waals surface area contributed by atoms with E-state index in [0.29, 0.717) is 50.0 Å². The van der Waals surface area contributed by atoms with Gasteiger partial charge in [0.15, 0.2) is 24.2 Å². The minimum atomic E-state index is -0.378. The Bertz CT molecular complexity index is 2500. The van der Waals surface area contributed by atoms with Crippen LogP contribution in [0, 0.1) is 59.2 Å². The number of aryl methyl sites for hydroxylation is 2. The minimum absolute atomic E-state index is 0.0214. The summed E-state index contributed by atoms with van der Waals surface area (Å²) in [7, 11) is 4.24.